The number of nitrogens with one attached hydrogen (secondary N) is 2. The average molecular weight is 618 g/mol. The summed E-state index contributed by atoms with van der Waals surface area (Å²) in [6.07, 6.45) is 5.65. The molecule has 3 aliphatic rings. The quantitative estimate of drug-likeness (QED) is 0.107. The van der Waals surface area contributed by atoms with E-state index in [-0.39, 0.29) is 23.2 Å². The monoisotopic (exact) mass is 617 g/mol. The minimum Gasteiger partial charge on any atom is -0.477 e. The highest BCUT2D eigenvalue weighted by molar-refractivity contribution is 8.00. The normalized spacial score (nSPS) is 21.3. The molecule has 2 amide bonds. The second kappa shape index (κ2) is 11.6. The third kappa shape index (κ3) is 5.05. The zero-order valence-corrected chi connectivity index (χ0v) is 23.6. The number of nitrogens with two attached hydrogens (primary N) is 1. The number of carboxylic acid groups (broad SMARTS) is 1. The van der Waals surface area contributed by atoms with Crippen LogP contribution in [-0.4, -0.2) is 89.5 Å². The number of fused-ring (bicyclic) bond motifs is 2. The Bertz CT molecular complexity index is 1620. The number of hydrogen-bond acceptors (Lipinski definition) is 12. The van der Waals surface area contributed by atoms with Gasteiger partial charge in [0.2, 0.25) is 17.9 Å². The average Bonchev–Trinajstić information content (AvgIpc) is 3.63. The number of alkyl halides is 1. The number of carboxylic acids is 1. The molecule has 2 unspecified atom stereocenters. The Morgan fingerprint density at radius 3 is 2.88 bits per heavy atom. The van der Waals surface area contributed by atoms with Gasteiger partial charge in [0.25, 0.3) is 18.7 Å². The van der Waals surface area contributed by atoms with E-state index in [1.165, 1.54) is 16.7 Å². The van der Waals surface area contributed by atoms with Crippen LogP contribution in [0.2, 0.25) is 0 Å². The Kier molecular flexibility index (Phi) is 7.74. The summed E-state index contributed by atoms with van der Waals surface area (Å²) in [4.78, 5) is 52.7. The lowest BCUT2D eigenvalue weighted by Gasteiger charge is -2.49. The van der Waals surface area contributed by atoms with Gasteiger partial charge >= 0.3 is 11.6 Å². The summed E-state index contributed by atoms with van der Waals surface area (Å²) in [5.74, 6) is -2.63. The summed E-state index contributed by atoms with van der Waals surface area (Å²) in [6.45, 7) is 0.791. The lowest BCUT2D eigenvalue weighted by molar-refractivity contribution is -0.664. The van der Waals surface area contributed by atoms with Crippen LogP contribution in [-0.2, 0) is 25.8 Å². The van der Waals surface area contributed by atoms with Crippen molar-refractivity contribution in [1.82, 2.24) is 34.4 Å². The fourth-order valence-corrected chi connectivity index (χ4v) is 7.15. The van der Waals surface area contributed by atoms with E-state index in [2.05, 4.69) is 39.5 Å². The van der Waals surface area contributed by atoms with Crippen LogP contribution in [0.25, 0.3) is 11.2 Å². The van der Waals surface area contributed by atoms with E-state index in [4.69, 9.17) is 5.73 Å². The number of hydrogen-bond donors (Lipinski definition) is 4. The highest BCUT2D eigenvalue weighted by Gasteiger charge is 2.54. The molecule has 6 heterocycles. The van der Waals surface area contributed by atoms with E-state index in [1.54, 1.807) is 0 Å². The lowest BCUT2D eigenvalue weighted by atomic mass is 10.0. The highest BCUT2D eigenvalue weighted by Crippen LogP contribution is 2.40. The van der Waals surface area contributed by atoms with Crippen LogP contribution >= 0.6 is 23.3 Å². The van der Waals surface area contributed by atoms with Gasteiger partial charge in [-0.1, -0.05) is 5.16 Å². The molecule has 0 saturated carbocycles. The zero-order valence-electron chi connectivity index (χ0n) is 22.0. The smallest absolute Gasteiger partial charge is 0.352 e. The summed E-state index contributed by atoms with van der Waals surface area (Å²) < 4.78 is 20.5. The van der Waals surface area contributed by atoms with Crippen LogP contribution < -0.4 is 20.9 Å². The fraction of sp³-hybridized carbons (Fsp3) is 0.417. The Hall–Kier alpha value is -4.16. The van der Waals surface area contributed by atoms with Gasteiger partial charge in [-0.25, -0.2) is 13.8 Å². The SMILES string of the molecule is Nc1nc(/C(=N/OCF)C(=O)NC2C(=O)N3C(C(=O)O)=C(C[n+]4cccc5c4ncn5C4CCNCC4)CSC23)ns1. The van der Waals surface area contributed by atoms with Crippen LogP contribution in [0.4, 0.5) is 9.52 Å². The number of piperidine rings is 1. The number of anilines is 1. The number of rotatable bonds is 9. The molecular weight excluding hydrogens is 591 g/mol. The van der Waals surface area contributed by atoms with Crippen molar-refractivity contribution in [3.63, 3.8) is 0 Å². The number of thioether (sulfide) groups is 1. The number of amides is 2. The predicted molar refractivity (Wildman–Crippen MR) is 149 cm³/mol. The predicted octanol–water partition coefficient (Wildman–Crippen LogP) is -0.231. The Morgan fingerprint density at radius 1 is 1.36 bits per heavy atom. The van der Waals surface area contributed by atoms with Gasteiger partial charge < -0.3 is 30.9 Å². The largest absolute Gasteiger partial charge is 0.477 e. The third-order valence-corrected chi connectivity index (χ3v) is 9.16. The van der Waals surface area contributed by atoms with Crippen LogP contribution in [0.15, 0.2) is 41.1 Å². The van der Waals surface area contributed by atoms with Crippen molar-refractivity contribution in [3.8, 4) is 0 Å². The van der Waals surface area contributed by atoms with Crippen molar-refractivity contribution in [3.05, 3.63) is 41.8 Å². The maximum atomic E-state index is 13.2. The molecule has 220 valence electrons. The van der Waals surface area contributed by atoms with Gasteiger partial charge in [-0.05, 0) is 43.0 Å². The van der Waals surface area contributed by atoms with Crippen molar-refractivity contribution in [1.29, 1.82) is 0 Å². The number of imidazole rings is 1. The number of aliphatic carboxylic acids is 1. The summed E-state index contributed by atoms with van der Waals surface area (Å²) >= 11 is 2.12. The number of oxime groups is 1. The molecule has 0 radical (unpaired) electrons. The molecule has 0 bridgehead atoms. The molecule has 0 aliphatic carbocycles. The molecule has 3 aromatic rings. The van der Waals surface area contributed by atoms with Crippen molar-refractivity contribution in [2.45, 2.75) is 36.8 Å². The molecule has 5 N–H and O–H groups in total. The van der Waals surface area contributed by atoms with E-state index >= 15 is 0 Å². The van der Waals surface area contributed by atoms with Gasteiger partial charge in [-0.3, -0.25) is 14.5 Å². The zero-order chi connectivity index (χ0) is 29.4. The van der Waals surface area contributed by atoms with E-state index in [1.807, 2.05) is 29.2 Å². The molecule has 3 aliphatic heterocycles. The molecule has 6 rings (SSSR count). The highest BCUT2D eigenvalue weighted by atomic mass is 32.2. The molecule has 15 nitrogen and oxygen atoms in total. The lowest BCUT2D eigenvalue weighted by Crippen LogP contribution is -2.71. The first kappa shape index (κ1) is 28.0. The van der Waals surface area contributed by atoms with Crippen molar-refractivity contribution >= 4 is 63.1 Å². The number of nitrogens with zero attached hydrogens (tertiary/aromatic N) is 7. The van der Waals surface area contributed by atoms with Gasteiger partial charge in [-0.15, -0.1) is 11.8 Å². The molecular formula is C24H26FN10O5S2+. The van der Waals surface area contributed by atoms with Crippen molar-refractivity contribution in [2.75, 3.05) is 31.4 Å². The van der Waals surface area contributed by atoms with Crippen molar-refractivity contribution < 1.29 is 33.3 Å². The first-order chi connectivity index (χ1) is 20.4. The van der Waals surface area contributed by atoms with Crippen LogP contribution in [0.5, 0.6) is 0 Å². The number of pyridine rings is 1. The molecule has 42 heavy (non-hydrogen) atoms. The second-order valence-corrected chi connectivity index (χ2v) is 11.6. The molecule has 18 heteroatoms. The molecule has 3 aromatic heterocycles. The van der Waals surface area contributed by atoms with Crippen molar-refractivity contribution in [2.24, 2.45) is 5.16 Å². The third-order valence-electron chi connectivity index (χ3n) is 7.28. The molecule has 0 aromatic carbocycles. The first-order valence-corrected chi connectivity index (χ1v) is 14.8. The molecule has 0 spiro atoms. The fourth-order valence-electron chi connectivity index (χ4n) is 5.38. The van der Waals surface area contributed by atoms with E-state index in [9.17, 15) is 23.9 Å². The number of carbonyl (C=O) groups excluding carboxylic acids is 2. The Labute approximate surface area is 245 Å². The number of nitrogen functional groups attached to an aromatic ring is 1. The van der Waals surface area contributed by atoms with Gasteiger partial charge in [-0.2, -0.15) is 9.36 Å². The topological polar surface area (TPSA) is 194 Å². The Morgan fingerprint density at radius 2 is 2.17 bits per heavy atom. The van der Waals surface area contributed by atoms with Gasteiger partial charge in [0, 0.05) is 28.9 Å². The van der Waals surface area contributed by atoms with Crippen LogP contribution in [0, 0.1) is 0 Å². The number of carbonyl (C=O) groups is 3. The van der Waals surface area contributed by atoms with Gasteiger partial charge in [0.15, 0.2) is 5.13 Å². The minimum atomic E-state index is -1.30. The van der Waals surface area contributed by atoms with E-state index < -0.39 is 41.8 Å². The van der Waals surface area contributed by atoms with E-state index in [0.717, 1.165) is 48.6 Å². The Balaban J connectivity index is 1.23. The second-order valence-electron chi connectivity index (χ2n) is 9.73. The molecule has 2 saturated heterocycles. The summed E-state index contributed by atoms with van der Waals surface area (Å²) in [5.41, 5.74) is 7.21. The molecule has 2 fully saturated rings. The standard InChI is InChI=1S/C24H25FN10O5S2/c25-10-40-31-15(18-30-24(26)42-32-18)20(36)29-16-21(37)35-17(23(38)39)12(9-41-22(16)35)8-33-7-1-2-14-19(33)28-11-34(14)13-3-5-27-6-4-13/h1-2,7,11,13,16,22,27H,3-6,8-10H2,(H3-,26,29,30,32,36,38,39)/p+1/b31-15-. The number of aromatic nitrogens is 5. The van der Waals surface area contributed by atoms with Gasteiger partial charge in [0.1, 0.15) is 29.2 Å². The maximum absolute atomic E-state index is 13.2. The summed E-state index contributed by atoms with van der Waals surface area (Å²) in [6, 6.07) is 3.17. The van der Waals surface area contributed by atoms with Crippen LogP contribution in [0.1, 0.15) is 24.7 Å². The number of β-lactam (4-membered cyclic amide) rings is 1. The summed E-state index contributed by atoms with van der Waals surface area (Å²) in [7, 11) is 0. The van der Waals surface area contributed by atoms with E-state index in [0.29, 0.717) is 17.4 Å². The summed E-state index contributed by atoms with van der Waals surface area (Å²) in [5, 5.41) is 18.8. The van der Waals surface area contributed by atoms with Crippen LogP contribution in [0.3, 0.4) is 0 Å². The maximum Gasteiger partial charge on any atom is 0.352 e. The molecule has 2 atom stereocenters. The minimum absolute atomic E-state index is 0.0508. The van der Waals surface area contributed by atoms with Gasteiger partial charge in [0.05, 0.1) is 6.20 Å². The number of halogens is 1. The first-order valence-electron chi connectivity index (χ1n) is 13.0.